The van der Waals surface area contributed by atoms with Gasteiger partial charge in [0.2, 0.25) is 6.79 Å². The summed E-state index contributed by atoms with van der Waals surface area (Å²) in [7, 11) is -1.40. The number of hydrogen-bond acceptors (Lipinski definition) is 6. The maximum Gasteiger partial charge on any atom is 0.261 e. The first-order chi connectivity index (χ1) is 15.3. The number of nitrogens with zero attached hydrogens (tertiary/aromatic N) is 1. The van der Waals surface area contributed by atoms with Crippen LogP contribution in [0.15, 0.2) is 35.2 Å². The Kier molecular flexibility index (Phi) is 7.34. The van der Waals surface area contributed by atoms with E-state index in [1.165, 1.54) is 46.6 Å². The molecule has 0 saturated heterocycles. The molecule has 174 valence electrons. The van der Waals surface area contributed by atoms with E-state index in [9.17, 15) is 8.42 Å². The van der Waals surface area contributed by atoms with E-state index >= 15 is 0 Å². The van der Waals surface area contributed by atoms with Crippen molar-refractivity contribution < 1.29 is 22.4 Å². The molecule has 0 radical (unpaired) electrons. The zero-order chi connectivity index (χ0) is 22.7. The van der Waals surface area contributed by atoms with Crippen molar-refractivity contribution in [2.24, 2.45) is 0 Å². The zero-order valence-electron chi connectivity index (χ0n) is 18.7. The number of rotatable bonds is 5. The molecule has 0 aromatic heterocycles. The van der Waals surface area contributed by atoms with Crippen LogP contribution in [0.5, 0.6) is 11.5 Å². The Balaban J connectivity index is 0.000000444. The Morgan fingerprint density at radius 1 is 1.19 bits per heavy atom. The number of hydrogen-bond donors (Lipinski definition) is 1. The van der Waals surface area contributed by atoms with Gasteiger partial charge in [0.15, 0.2) is 11.5 Å². The Morgan fingerprint density at radius 3 is 2.81 bits per heavy atom. The average molecular weight is 478 g/mol. The SMILES string of the molecule is CN(CCc1ccc2c(c1)CCS2)C[C@@H]1CCCc2c1ccc1c2OCO1.CS(=O)(=O)O. The van der Waals surface area contributed by atoms with Crippen molar-refractivity contribution >= 4 is 21.9 Å². The molecule has 0 unspecified atom stereocenters. The van der Waals surface area contributed by atoms with E-state index in [4.69, 9.17) is 14.0 Å². The van der Waals surface area contributed by atoms with Crippen molar-refractivity contribution in [3.05, 3.63) is 52.6 Å². The highest BCUT2D eigenvalue weighted by Crippen LogP contribution is 2.44. The summed E-state index contributed by atoms with van der Waals surface area (Å²) in [6, 6.07) is 11.4. The maximum atomic E-state index is 9.19. The van der Waals surface area contributed by atoms with Crippen molar-refractivity contribution in [3.8, 4) is 11.5 Å². The normalized spacial score (nSPS) is 18.7. The van der Waals surface area contributed by atoms with Gasteiger partial charge in [0.05, 0.1) is 6.26 Å². The molecule has 1 N–H and O–H groups in total. The van der Waals surface area contributed by atoms with Gasteiger partial charge in [-0.25, -0.2) is 0 Å². The third kappa shape index (κ3) is 5.98. The summed E-state index contributed by atoms with van der Waals surface area (Å²) in [5.41, 5.74) is 5.91. The number of benzene rings is 2. The Bertz CT molecular complexity index is 1060. The number of likely N-dealkylation sites (N-methyl/N-ethyl adjacent to an activating group) is 1. The molecule has 0 saturated carbocycles. The van der Waals surface area contributed by atoms with E-state index in [0.717, 1.165) is 37.4 Å². The van der Waals surface area contributed by atoms with Gasteiger partial charge in [-0.3, -0.25) is 4.55 Å². The maximum absolute atomic E-state index is 9.19. The van der Waals surface area contributed by atoms with Crippen LogP contribution in [-0.4, -0.2) is 56.8 Å². The van der Waals surface area contributed by atoms with Gasteiger partial charge in [0.1, 0.15) is 0 Å². The van der Waals surface area contributed by atoms with Crippen LogP contribution in [0.25, 0.3) is 0 Å². The highest BCUT2D eigenvalue weighted by molar-refractivity contribution is 7.99. The van der Waals surface area contributed by atoms with E-state index in [2.05, 4.69) is 42.3 Å². The molecular formula is C24H31NO5S2. The first kappa shape index (κ1) is 23.4. The van der Waals surface area contributed by atoms with Gasteiger partial charge in [-0.1, -0.05) is 18.2 Å². The topological polar surface area (TPSA) is 76.1 Å². The smallest absolute Gasteiger partial charge is 0.261 e. The minimum absolute atomic E-state index is 0.371. The fourth-order valence-electron chi connectivity index (χ4n) is 4.74. The van der Waals surface area contributed by atoms with Gasteiger partial charge in [-0.15, -0.1) is 11.8 Å². The van der Waals surface area contributed by atoms with Crippen molar-refractivity contribution in [2.75, 3.05) is 38.9 Å². The van der Waals surface area contributed by atoms with Crippen molar-refractivity contribution in [3.63, 3.8) is 0 Å². The molecule has 2 heterocycles. The van der Waals surface area contributed by atoms with Crippen molar-refractivity contribution in [1.29, 1.82) is 0 Å². The molecule has 2 aromatic carbocycles. The summed E-state index contributed by atoms with van der Waals surface area (Å²) in [5.74, 6) is 3.79. The van der Waals surface area contributed by atoms with Crippen LogP contribution in [-0.2, 0) is 29.4 Å². The lowest BCUT2D eigenvalue weighted by Crippen LogP contribution is -2.28. The lowest BCUT2D eigenvalue weighted by molar-refractivity contribution is 0.173. The molecule has 0 bridgehead atoms. The quantitative estimate of drug-likeness (QED) is 0.648. The third-order valence-corrected chi connectivity index (χ3v) is 7.28. The van der Waals surface area contributed by atoms with Gasteiger partial charge >= 0.3 is 0 Å². The van der Waals surface area contributed by atoms with Gasteiger partial charge in [0.25, 0.3) is 10.1 Å². The minimum Gasteiger partial charge on any atom is -0.454 e. The largest absolute Gasteiger partial charge is 0.454 e. The van der Waals surface area contributed by atoms with Crippen molar-refractivity contribution in [2.45, 2.75) is 42.9 Å². The van der Waals surface area contributed by atoms with Crippen LogP contribution < -0.4 is 9.47 Å². The summed E-state index contributed by atoms with van der Waals surface area (Å²) < 4.78 is 37.2. The van der Waals surface area contributed by atoms with Gasteiger partial charge in [0, 0.05) is 29.3 Å². The van der Waals surface area contributed by atoms with E-state index in [-0.39, 0.29) is 0 Å². The van der Waals surface area contributed by atoms with Crippen LogP contribution in [0.3, 0.4) is 0 Å². The Labute approximate surface area is 195 Å². The van der Waals surface area contributed by atoms with Gasteiger partial charge in [-0.2, -0.15) is 8.42 Å². The first-order valence-corrected chi connectivity index (χ1v) is 13.9. The second kappa shape index (κ2) is 10.0. The molecule has 0 spiro atoms. The summed E-state index contributed by atoms with van der Waals surface area (Å²) in [6.45, 7) is 2.60. The molecule has 2 aliphatic heterocycles. The van der Waals surface area contributed by atoms with E-state index < -0.39 is 10.1 Å². The lowest BCUT2D eigenvalue weighted by atomic mass is 9.82. The standard InChI is InChI=1S/C23H27NO2S.CH4O3S/c1-24(11-9-16-5-8-22-17(13-16)10-12-27-22)14-18-3-2-4-20-19(18)6-7-21-23(20)26-15-25-21;1-5(2,3)4/h5-8,13,18H,2-4,9-12,14-15H2,1H3;1H3,(H,2,3,4)/t18-;/m0./s1. The fraction of sp³-hybridized carbons (Fsp3) is 0.500. The third-order valence-electron chi connectivity index (χ3n) is 6.17. The van der Waals surface area contributed by atoms with Crippen LogP contribution in [0.2, 0.25) is 0 Å². The van der Waals surface area contributed by atoms with Crippen LogP contribution in [0, 0.1) is 0 Å². The Hall–Kier alpha value is -1.74. The van der Waals surface area contributed by atoms with Crippen LogP contribution in [0.4, 0.5) is 0 Å². The Morgan fingerprint density at radius 2 is 2.00 bits per heavy atom. The number of fused-ring (bicyclic) bond motifs is 4. The summed E-state index contributed by atoms with van der Waals surface area (Å²) >= 11 is 2.00. The summed E-state index contributed by atoms with van der Waals surface area (Å²) in [6.07, 6.45) is 6.72. The number of thioether (sulfide) groups is 1. The van der Waals surface area contributed by atoms with E-state index in [1.54, 1.807) is 5.56 Å². The monoisotopic (exact) mass is 477 g/mol. The summed E-state index contributed by atoms with van der Waals surface area (Å²) in [4.78, 5) is 4.00. The fourth-order valence-corrected chi connectivity index (χ4v) is 5.79. The minimum atomic E-state index is -3.67. The van der Waals surface area contributed by atoms with Crippen LogP contribution >= 0.6 is 11.8 Å². The molecule has 1 atom stereocenters. The predicted molar refractivity (Wildman–Crippen MR) is 128 cm³/mol. The van der Waals surface area contributed by atoms with Crippen LogP contribution in [0.1, 0.15) is 41.0 Å². The van der Waals surface area contributed by atoms with E-state index in [0.29, 0.717) is 19.0 Å². The molecule has 3 aliphatic rings. The molecule has 32 heavy (non-hydrogen) atoms. The lowest BCUT2D eigenvalue weighted by Gasteiger charge is -2.30. The molecule has 0 amide bonds. The highest BCUT2D eigenvalue weighted by Gasteiger charge is 2.28. The molecule has 2 aromatic rings. The number of ether oxygens (including phenoxy) is 2. The molecule has 6 nitrogen and oxygen atoms in total. The van der Waals surface area contributed by atoms with Crippen molar-refractivity contribution in [1.82, 2.24) is 4.90 Å². The first-order valence-electron chi connectivity index (χ1n) is 11.0. The second-order valence-electron chi connectivity index (χ2n) is 8.74. The highest BCUT2D eigenvalue weighted by atomic mass is 32.2. The van der Waals surface area contributed by atoms with Gasteiger partial charge < -0.3 is 14.4 Å². The average Bonchev–Trinajstić information content (AvgIpc) is 3.40. The molecule has 5 rings (SSSR count). The summed E-state index contributed by atoms with van der Waals surface area (Å²) in [5, 5.41) is 0. The molecule has 8 heteroatoms. The second-order valence-corrected chi connectivity index (χ2v) is 11.3. The molecule has 1 aliphatic carbocycles. The zero-order valence-corrected chi connectivity index (χ0v) is 20.3. The number of aryl methyl sites for hydroxylation is 1. The van der Waals surface area contributed by atoms with E-state index in [1.807, 2.05) is 11.8 Å². The predicted octanol–water partition coefficient (Wildman–Crippen LogP) is 4.16. The van der Waals surface area contributed by atoms with Gasteiger partial charge in [-0.05, 0) is 73.9 Å². The molecule has 0 fully saturated rings. The molecular weight excluding hydrogens is 446 g/mol.